The Morgan fingerprint density at radius 2 is 0.528 bits per heavy atom. The summed E-state index contributed by atoms with van der Waals surface area (Å²) >= 11 is 0. The van der Waals surface area contributed by atoms with Crippen LogP contribution < -0.4 is 0 Å². The summed E-state index contributed by atoms with van der Waals surface area (Å²) in [5.74, 6) is 0. The first-order valence-corrected chi connectivity index (χ1v) is 37.1. The predicted octanol–water partition coefficient (Wildman–Crippen LogP) is 27.0. The van der Waals surface area contributed by atoms with Gasteiger partial charge in [-0.25, -0.2) is 0 Å². The van der Waals surface area contributed by atoms with Crippen molar-refractivity contribution >= 4 is 87.2 Å². The Morgan fingerprint density at radius 1 is 0.189 bits per heavy atom. The molecular formula is C102H72N4. The van der Waals surface area contributed by atoms with Crippen LogP contribution in [0, 0.1) is 0 Å². The maximum Gasteiger partial charge on any atom is 0.0547 e. The van der Waals surface area contributed by atoms with E-state index in [-0.39, 0.29) is 10.8 Å². The van der Waals surface area contributed by atoms with E-state index >= 15 is 0 Å². The van der Waals surface area contributed by atoms with Gasteiger partial charge in [0.1, 0.15) is 0 Å². The first kappa shape index (κ1) is 61.4. The first-order chi connectivity index (χ1) is 52.1. The van der Waals surface area contributed by atoms with E-state index in [2.05, 4.69) is 410 Å². The predicted molar refractivity (Wildman–Crippen MR) is 447 cm³/mol. The Bertz CT molecular complexity index is 6970. The molecular weight excluding hydrogens is 1280 g/mol. The number of hydrogen-bond donors (Lipinski definition) is 0. The molecule has 4 heterocycles. The lowest BCUT2D eigenvalue weighted by Gasteiger charge is -2.22. The molecule has 22 rings (SSSR count). The standard InChI is InChI=1S/2C51H36N2/c1-51(2)42-20-9-6-17-39(42)50-43(51)21-13-25-48(50)53-45-23-11-8-18-40(45)49-37(19-12-24-47(49)53)35-28-31-46-41(32-35)38-16-7-10-22-44(38)52(46)36-29-26-34(27-30-36)33-14-4-3-5-15-33;1-51(2)44-19-9-6-15-39(44)40-29-28-37(32-45(40)51)53-47-21-11-8-17-42(47)50-38(18-12-22-49(50)53)35-25-30-48-43(31-35)41-16-7-10-20-46(41)52(48)36-26-23-34(24-27-36)33-13-4-3-5-14-33/h2*3-32H,1-2H3. The van der Waals surface area contributed by atoms with E-state index in [9.17, 15) is 0 Å². The molecule has 4 heteroatoms. The molecule has 0 radical (unpaired) electrons. The highest BCUT2D eigenvalue weighted by molar-refractivity contribution is 6.20. The van der Waals surface area contributed by atoms with Crippen LogP contribution in [0.1, 0.15) is 49.9 Å². The first-order valence-electron chi connectivity index (χ1n) is 37.1. The van der Waals surface area contributed by atoms with E-state index in [4.69, 9.17) is 0 Å². The van der Waals surface area contributed by atoms with Gasteiger partial charge in [0, 0.05) is 76.5 Å². The Hall–Kier alpha value is -13.3. The number of aromatic nitrogens is 4. The van der Waals surface area contributed by atoms with Crippen molar-refractivity contribution in [1.82, 2.24) is 18.3 Å². The van der Waals surface area contributed by atoms with Crippen molar-refractivity contribution < 1.29 is 0 Å². The molecule has 16 aromatic carbocycles. The minimum atomic E-state index is -0.0651. The molecule has 106 heavy (non-hydrogen) atoms. The molecule has 0 unspecified atom stereocenters. The zero-order valence-electron chi connectivity index (χ0n) is 59.4. The number of benzene rings is 16. The van der Waals surface area contributed by atoms with Crippen molar-refractivity contribution in [2.24, 2.45) is 0 Å². The van der Waals surface area contributed by atoms with Crippen LogP contribution in [0.3, 0.4) is 0 Å². The molecule has 0 atom stereocenters. The Balaban J connectivity index is 0.000000136. The van der Waals surface area contributed by atoms with Gasteiger partial charge < -0.3 is 18.3 Å². The van der Waals surface area contributed by atoms with Crippen LogP contribution in [0.2, 0.25) is 0 Å². The van der Waals surface area contributed by atoms with Crippen LogP contribution in [0.25, 0.3) is 177 Å². The zero-order valence-corrected chi connectivity index (χ0v) is 59.4. The van der Waals surface area contributed by atoms with Crippen LogP contribution in [0.5, 0.6) is 0 Å². The van der Waals surface area contributed by atoms with E-state index < -0.39 is 0 Å². The van der Waals surface area contributed by atoms with Gasteiger partial charge in [-0.1, -0.05) is 289 Å². The molecule has 4 nitrogen and oxygen atoms in total. The molecule has 2 aliphatic rings. The number of hydrogen-bond acceptors (Lipinski definition) is 0. The van der Waals surface area contributed by atoms with E-state index in [1.165, 1.54) is 188 Å². The van der Waals surface area contributed by atoms with Gasteiger partial charge in [-0.2, -0.15) is 0 Å². The third kappa shape index (κ3) is 9.20. The van der Waals surface area contributed by atoms with Crippen molar-refractivity contribution in [2.75, 3.05) is 0 Å². The average molecular weight is 1350 g/mol. The summed E-state index contributed by atoms with van der Waals surface area (Å²) in [6, 6.07) is 134. The maximum atomic E-state index is 2.51. The summed E-state index contributed by atoms with van der Waals surface area (Å²) in [5.41, 5.74) is 35.1. The normalized spacial score (nSPS) is 13.2. The topological polar surface area (TPSA) is 19.7 Å². The monoisotopic (exact) mass is 1350 g/mol. The van der Waals surface area contributed by atoms with Crippen molar-refractivity contribution in [1.29, 1.82) is 0 Å². The fourth-order valence-corrected chi connectivity index (χ4v) is 18.5. The molecule has 0 N–H and O–H groups in total. The van der Waals surface area contributed by atoms with Crippen LogP contribution >= 0.6 is 0 Å². The summed E-state index contributed by atoms with van der Waals surface area (Å²) in [6.45, 7) is 9.44. The van der Waals surface area contributed by atoms with Crippen LogP contribution in [0.15, 0.2) is 364 Å². The SMILES string of the molecule is CC1(C)c2ccccc2-c2c(-n3c4ccccc4c4c(-c5ccc6c(c5)c5ccccc5n6-c5ccc(-c6ccccc6)cc5)cccc43)cccc21.CC1(C)c2ccccc2-c2ccc(-n3c4ccccc4c4c(-c5ccc6c(c5)c5ccccc5n6-c5ccc(-c6ccccc6)cc5)cccc43)cc21. The van der Waals surface area contributed by atoms with Gasteiger partial charge in [0.15, 0.2) is 0 Å². The fourth-order valence-electron chi connectivity index (χ4n) is 18.5. The Kier molecular flexibility index (Phi) is 13.7. The number of para-hydroxylation sites is 4. The molecule has 0 saturated heterocycles. The average Bonchev–Trinajstić information content (AvgIpc) is 1.57. The van der Waals surface area contributed by atoms with Crippen LogP contribution in [0.4, 0.5) is 0 Å². The molecule has 500 valence electrons. The largest absolute Gasteiger partial charge is 0.309 e. The minimum Gasteiger partial charge on any atom is -0.309 e. The van der Waals surface area contributed by atoms with E-state index in [1.54, 1.807) is 0 Å². The summed E-state index contributed by atoms with van der Waals surface area (Å²) < 4.78 is 9.79. The smallest absolute Gasteiger partial charge is 0.0547 e. The quantitative estimate of drug-likeness (QED) is 0.144. The Morgan fingerprint density at radius 3 is 1.07 bits per heavy atom. The van der Waals surface area contributed by atoms with E-state index in [0.29, 0.717) is 0 Å². The maximum absolute atomic E-state index is 2.51. The van der Waals surface area contributed by atoms with Gasteiger partial charge in [0.25, 0.3) is 0 Å². The summed E-state index contributed by atoms with van der Waals surface area (Å²) in [5, 5.41) is 10.1. The van der Waals surface area contributed by atoms with Crippen molar-refractivity contribution in [3.05, 3.63) is 386 Å². The molecule has 4 aromatic heterocycles. The highest BCUT2D eigenvalue weighted by Gasteiger charge is 2.38. The second kappa shape index (κ2) is 23.6. The summed E-state index contributed by atoms with van der Waals surface area (Å²) in [7, 11) is 0. The number of nitrogens with zero attached hydrogens (tertiary/aromatic N) is 4. The lowest BCUT2D eigenvalue weighted by molar-refractivity contribution is 0.660. The van der Waals surface area contributed by atoms with Crippen molar-refractivity contribution in [3.63, 3.8) is 0 Å². The lowest BCUT2D eigenvalue weighted by Crippen LogP contribution is -2.15. The van der Waals surface area contributed by atoms with E-state index in [1.807, 2.05) is 0 Å². The summed E-state index contributed by atoms with van der Waals surface area (Å²) in [4.78, 5) is 0. The van der Waals surface area contributed by atoms with Gasteiger partial charge in [-0.05, 0) is 187 Å². The third-order valence-corrected chi connectivity index (χ3v) is 23.5. The number of rotatable bonds is 8. The highest BCUT2D eigenvalue weighted by atomic mass is 15.0. The van der Waals surface area contributed by atoms with Crippen LogP contribution in [-0.4, -0.2) is 18.3 Å². The molecule has 0 aliphatic heterocycles. The Labute approximate surface area is 615 Å². The third-order valence-electron chi connectivity index (χ3n) is 23.5. The fraction of sp³-hybridized carbons (Fsp3) is 0.0588. The highest BCUT2D eigenvalue weighted by Crippen LogP contribution is 2.54. The van der Waals surface area contributed by atoms with Gasteiger partial charge in [-0.3, -0.25) is 0 Å². The number of fused-ring (bicyclic) bond motifs is 18. The molecule has 0 spiro atoms. The van der Waals surface area contributed by atoms with Gasteiger partial charge >= 0.3 is 0 Å². The van der Waals surface area contributed by atoms with Crippen molar-refractivity contribution in [2.45, 2.75) is 38.5 Å². The minimum absolute atomic E-state index is 0.0651. The second-order valence-electron chi connectivity index (χ2n) is 29.9. The van der Waals surface area contributed by atoms with Gasteiger partial charge in [-0.15, -0.1) is 0 Å². The molecule has 0 fully saturated rings. The molecule has 2 aliphatic carbocycles. The van der Waals surface area contributed by atoms with Gasteiger partial charge in [0.2, 0.25) is 0 Å². The van der Waals surface area contributed by atoms with Crippen LogP contribution in [-0.2, 0) is 10.8 Å². The molecule has 0 bridgehead atoms. The van der Waals surface area contributed by atoms with E-state index in [0.717, 1.165) is 11.4 Å². The molecule has 20 aromatic rings. The molecule has 0 saturated carbocycles. The molecule has 0 amide bonds. The second-order valence-corrected chi connectivity index (χ2v) is 29.9. The lowest BCUT2D eigenvalue weighted by atomic mass is 9.82. The van der Waals surface area contributed by atoms with Gasteiger partial charge in [0.05, 0.1) is 49.8 Å². The summed E-state index contributed by atoms with van der Waals surface area (Å²) in [6.07, 6.45) is 0. The van der Waals surface area contributed by atoms with Crippen molar-refractivity contribution in [3.8, 4) is 89.5 Å². The zero-order chi connectivity index (χ0) is 70.5.